The van der Waals surface area contributed by atoms with E-state index in [9.17, 15) is 22.3 Å². The van der Waals surface area contributed by atoms with Crippen LogP contribution >= 0.6 is 0 Å². The van der Waals surface area contributed by atoms with Gasteiger partial charge < -0.3 is 10.4 Å². The second kappa shape index (κ2) is 8.88. The van der Waals surface area contributed by atoms with Crippen molar-refractivity contribution in [2.45, 2.75) is 38.8 Å². The van der Waals surface area contributed by atoms with Crippen LogP contribution in [0.5, 0.6) is 0 Å². The molecule has 2 aromatic heterocycles. The first kappa shape index (κ1) is 23.4. The second-order valence-electron chi connectivity index (χ2n) is 8.35. The number of nitrogens with one attached hydrogen (secondary N) is 1. The number of aliphatic hydroxyl groups excluding tert-OH is 1. The summed E-state index contributed by atoms with van der Waals surface area (Å²) >= 11 is 0. The zero-order valence-corrected chi connectivity index (χ0v) is 19.3. The SMILES string of the molecule is Cc1cc(C(C)O)c2cc(-c3nc(NC4CCN(S(C)(=O)=O)CC4)ncc3F)cc(F)c2n1. The molecule has 0 bridgehead atoms. The molecule has 1 saturated heterocycles. The average molecular weight is 478 g/mol. The van der Waals surface area contributed by atoms with Crippen molar-refractivity contribution in [2.24, 2.45) is 0 Å². The lowest BCUT2D eigenvalue weighted by Crippen LogP contribution is -2.42. The van der Waals surface area contributed by atoms with E-state index in [1.54, 1.807) is 26.0 Å². The van der Waals surface area contributed by atoms with Crippen LogP contribution in [-0.4, -0.2) is 58.2 Å². The molecule has 1 unspecified atom stereocenters. The Morgan fingerprint density at radius 3 is 2.48 bits per heavy atom. The number of aromatic nitrogens is 3. The predicted octanol–water partition coefficient (Wildman–Crippen LogP) is 3.17. The molecule has 1 aliphatic heterocycles. The Morgan fingerprint density at radius 2 is 1.85 bits per heavy atom. The second-order valence-corrected chi connectivity index (χ2v) is 10.3. The highest BCUT2D eigenvalue weighted by Gasteiger charge is 2.25. The third-order valence-electron chi connectivity index (χ3n) is 5.75. The summed E-state index contributed by atoms with van der Waals surface area (Å²) in [5, 5.41) is 13.7. The van der Waals surface area contributed by atoms with Gasteiger partial charge in [0.15, 0.2) is 5.82 Å². The van der Waals surface area contributed by atoms with E-state index in [1.165, 1.54) is 16.6 Å². The smallest absolute Gasteiger partial charge is 0.223 e. The van der Waals surface area contributed by atoms with Crippen molar-refractivity contribution in [3.8, 4) is 11.3 Å². The highest BCUT2D eigenvalue weighted by atomic mass is 32.2. The van der Waals surface area contributed by atoms with Crippen molar-refractivity contribution in [1.29, 1.82) is 0 Å². The first-order valence-corrected chi connectivity index (χ1v) is 12.4. The van der Waals surface area contributed by atoms with E-state index in [-0.39, 0.29) is 28.8 Å². The van der Waals surface area contributed by atoms with E-state index in [1.807, 2.05) is 0 Å². The van der Waals surface area contributed by atoms with E-state index < -0.39 is 27.8 Å². The molecule has 0 saturated carbocycles. The molecule has 0 aliphatic carbocycles. The maximum Gasteiger partial charge on any atom is 0.223 e. The van der Waals surface area contributed by atoms with Gasteiger partial charge in [-0.25, -0.2) is 31.5 Å². The summed E-state index contributed by atoms with van der Waals surface area (Å²) in [5.74, 6) is -1.19. The Morgan fingerprint density at radius 1 is 1.15 bits per heavy atom. The average Bonchev–Trinajstić information content (AvgIpc) is 2.74. The Bertz CT molecular complexity index is 1310. The maximum atomic E-state index is 14.9. The number of halogens is 2. The Labute approximate surface area is 190 Å². The number of anilines is 1. The number of rotatable bonds is 5. The van der Waals surface area contributed by atoms with Crippen molar-refractivity contribution in [3.63, 3.8) is 0 Å². The quantitative estimate of drug-likeness (QED) is 0.581. The molecule has 4 rings (SSSR count). The predicted molar refractivity (Wildman–Crippen MR) is 121 cm³/mol. The topological polar surface area (TPSA) is 108 Å². The number of hydrogen-bond donors (Lipinski definition) is 2. The lowest BCUT2D eigenvalue weighted by Gasteiger charge is -2.30. The first-order valence-electron chi connectivity index (χ1n) is 10.6. The zero-order valence-electron chi connectivity index (χ0n) is 18.5. The molecule has 0 radical (unpaired) electrons. The summed E-state index contributed by atoms with van der Waals surface area (Å²) in [5.41, 5.74) is 1.26. The standard InChI is InChI=1S/C22H25F2N5O3S/c1-12-8-16(13(2)30)17-9-14(10-18(23)21(17)26-12)20-19(24)11-25-22(28-20)27-15-4-6-29(7-5-15)33(3,31)32/h8-11,13,15,30H,4-7H2,1-3H3,(H,25,27,28). The van der Waals surface area contributed by atoms with Crippen LogP contribution in [0.25, 0.3) is 22.2 Å². The number of nitrogens with zero attached hydrogens (tertiary/aromatic N) is 4. The van der Waals surface area contributed by atoms with Gasteiger partial charge in [-0.15, -0.1) is 0 Å². The number of piperidine rings is 1. The summed E-state index contributed by atoms with van der Waals surface area (Å²) in [6, 6.07) is 4.32. The van der Waals surface area contributed by atoms with Crippen LogP contribution in [0, 0.1) is 18.6 Å². The van der Waals surface area contributed by atoms with E-state index in [0.717, 1.165) is 6.20 Å². The van der Waals surface area contributed by atoms with Crippen LogP contribution < -0.4 is 5.32 Å². The molecular weight excluding hydrogens is 452 g/mol. The van der Waals surface area contributed by atoms with Crippen LogP contribution in [0.4, 0.5) is 14.7 Å². The molecule has 1 fully saturated rings. The minimum Gasteiger partial charge on any atom is -0.389 e. The number of sulfonamides is 1. The number of aliphatic hydroxyl groups is 1. The third-order valence-corrected chi connectivity index (χ3v) is 7.05. The highest BCUT2D eigenvalue weighted by Crippen LogP contribution is 2.32. The van der Waals surface area contributed by atoms with E-state index in [0.29, 0.717) is 42.6 Å². The zero-order chi connectivity index (χ0) is 23.9. The molecule has 8 nitrogen and oxygen atoms in total. The Kier molecular flexibility index (Phi) is 6.30. The van der Waals surface area contributed by atoms with Gasteiger partial charge in [0.1, 0.15) is 17.0 Å². The summed E-state index contributed by atoms with van der Waals surface area (Å²) < 4.78 is 54.4. The van der Waals surface area contributed by atoms with Gasteiger partial charge in [0.25, 0.3) is 0 Å². The van der Waals surface area contributed by atoms with E-state index in [4.69, 9.17) is 0 Å². The van der Waals surface area contributed by atoms with Crippen molar-refractivity contribution >= 4 is 26.9 Å². The maximum absolute atomic E-state index is 14.9. The van der Waals surface area contributed by atoms with Gasteiger partial charge >= 0.3 is 0 Å². The van der Waals surface area contributed by atoms with E-state index in [2.05, 4.69) is 20.3 Å². The van der Waals surface area contributed by atoms with Gasteiger partial charge in [0.2, 0.25) is 16.0 Å². The summed E-state index contributed by atoms with van der Waals surface area (Å²) in [6.45, 7) is 4.02. The fraction of sp³-hybridized carbons (Fsp3) is 0.409. The fourth-order valence-corrected chi connectivity index (χ4v) is 4.95. The van der Waals surface area contributed by atoms with Crippen LogP contribution in [0.3, 0.4) is 0 Å². The molecule has 3 aromatic rings. The normalized spacial score (nSPS) is 16.8. The van der Waals surface area contributed by atoms with Crippen molar-refractivity contribution in [2.75, 3.05) is 24.7 Å². The molecule has 2 N–H and O–H groups in total. The van der Waals surface area contributed by atoms with Gasteiger partial charge in [0.05, 0.1) is 18.6 Å². The van der Waals surface area contributed by atoms with Gasteiger partial charge in [0, 0.05) is 35.8 Å². The molecule has 176 valence electrons. The number of aryl methyl sites for hydroxylation is 1. The van der Waals surface area contributed by atoms with Crippen molar-refractivity contribution in [1.82, 2.24) is 19.3 Å². The van der Waals surface area contributed by atoms with Crippen LogP contribution in [0.1, 0.15) is 37.1 Å². The summed E-state index contributed by atoms with van der Waals surface area (Å²) in [6.07, 6.45) is 2.43. The van der Waals surface area contributed by atoms with Gasteiger partial charge in [-0.05, 0) is 50.5 Å². The van der Waals surface area contributed by atoms with Crippen LogP contribution in [-0.2, 0) is 10.0 Å². The molecule has 0 spiro atoms. The molecule has 0 amide bonds. The molecule has 1 aromatic carbocycles. The molecule has 33 heavy (non-hydrogen) atoms. The molecular formula is C22H25F2N5O3S. The minimum atomic E-state index is -3.24. The van der Waals surface area contributed by atoms with E-state index >= 15 is 0 Å². The number of fused-ring (bicyclic) bond motifs is 1. The fourth-order valence-electron chi connectivity index (χ4n) is 4.08. The van der Waals surface area contributed by atoms with Crippen molar-refractivity contribution < 1.29 is 22.3 Å². The lowest BCUT2D eigenvalue weighted by molar-refractivity contribution is 0.200. The Balaban J connectivity index is 1.66. The summed E-state index contributed by atoms with van der Waals surface area (Å²) in [7, 11) is -3.24. The molecule has 1 atom stereocenters. The number of pyridine rings is 1. The highest BCUT2D eigenvalue weighted by molar-refractivity contribution is 7.88. The Hall–Kier alpha value is -2.76. The first-order chi connectivity index (χ1) is 15.5. The van der Waals surface area contributed by atoms with Crippen LogP contribution in [0.2, 0.25) is 0 Å². The van der Waals surface area contributed by atoms with Gasteiger partial charge in [-0.2, -0.15) is 0 Å². The minimum absolute atomic E-state index is 0.0799. The van der Waals surface area contributed by atoms with Gasteiger partial charge in [-0.1, -0.05) is 0 Å². The number of benzene rings is 1. The monoisotopic (exact) mass is 477 g/mol. The molecule has 3 heterocycles. The van der Waals surface area contributed by atoms with Crippen molar-refractivity contribution in [3.05, 3.63) is 47.3 Å². The third kappa shape index (κ3) is 4.94. The van der Waals surface area contributed by atoms with Gasteiger partial charge in [-0.3, -0.25) is 4.98 Å². The number of hydrogen-bond acceptors (Lipinski definition) is 7. The van der Waals surface area contributed by atoms with Crippen LogP contribution in [0.15, 0.2) is 24.4 Å². The largest absolute Gasteiger partial charge is 0.389 e. The molecule has 11 heteroatoms. The molecule has 1 aliphatic rings. The summed E-state index contributed by atoms with van der Waals surface area (Å²) in [4.78, 5) is 12.5. The lowest BCUT2D eigenvalue weighted by atomic mass is 10.00.